The summed E-state index contributed by atoms with van der Waals surface area (Å²) in [7, 11) is 3.10. The molecule has 4 aromatic carbocycles. The fourth-order valence-electron chi connectivity index (χ4n) is 4.02. The minimum Gasteiger partial charge on any atom is -0.493 e. The van der Waals surface area contributed by atoms with Crippen molar-refractivity contribution in [3.63, 3.8) is 0 Å². The van der Waals surface area contributed by atoms with Gasteiger partial charge in [0.25, 0.3) is 5.91 Å². The predicted octanol–water partition coefficient (Wildman–Crippen LogP) is 4.58. The summed E-state index contributed by atoms with van der Waals surface area (Å²) in [4.78, 5) is 13.4. The van der Waals surface area contributed by atoms with E-state index in [-0.39, 0.29) is 5.91 Å². The van der Waals surface area contributed by atoms with Gasteiger partial charge in [0.05, 0.1) is 19.7 Å². The zero-order chi connectivity index (χ0) is 22.8. The van der Waals surface area contributed by atoms with Crippen LogP contribution >= 0.6 is 0 Å². The van der Waals surface area contributed by atoms with Crippen molar-refractivity contribution in [3.8, 4) is 11.5 Å². The van der Waals surface area contributed by atoms with Gasteiger partial charge in [-0.1, -0.05) is 59.8 Å². The number of hydrogen-bond acceptors (Lipinski definition) is 5. The average molecular weight is 438 g/mol. The van der Waals surface area contributed by atoms with Gasteiger partial charge >= 0.3 is 0 Å². The highest BCUT2D eigenvalue weighted by Crippen LogP contribution is 2.30. The monoisotopic (exact) mass is 438 g/mol. The number of carbonyl (C=O) groups excluding carboxylic acids is 1. The van der Waals surface area contributed by atoms with Gasteiger partial charge in [-0.15, -0.1) is 5.10 Å². The summed E-state index contributed by atoms with van der Waals surface area (Å²) in [6, 6.07) is 26.9. The second kappa shape index (κ2) is 8.63. The van der Waals surface area contributed by atoms with E-state index in [0.717, 1.165) is 27.4 Å². The number of carbonyl (C=O) groups is 1. The summed E-state index contributed by atoms with van der Waals surface area (Å²) in [6.45, 7) is 0. The molecule has 5 aromatic rings. The van der Waals surface area contributed by atoms with Crippen molar-refractivity contribution < 1.29 is 14.3 Å². The van der Waals surface area contributed by atoms with Crippen LogP contribution in [0.3, 0.4) is 0 Å². The number of hydrogen-bond donors (Lipinski definition) is 1. The van der Waals surface area contributed by atoms with Crippen LogP contribution in [0.15, 0.2) is 84.9 Å². The molecule has 0 aliphatic carbocycles. The molecule has 0 aliphatic rings. The molecule has 7 nitrogen and oxygen atoms in total. The fourth-order valence-corrected chi connectivity index (χ4v) is 4.02. The van der Waals surface area contributed by atoms with Crippen LogP contribution in [0, 0.1) is 0 Å². The van der Waals surface area contributed by atoms with Crippen molar-refractivity contribution >= 4 is 27.7 Å². The third kappa shape index (κ3) is 3.74. The summed E-state index contributed by atoms with van der Waals surface area (Å²) in [5.74, 6) is 0.772. The topological polar surface area (TPSA) is 78.3 Å². The molecule has 0 aliphatic heterocycles. The van der Waals surface area contributed by atoms with Crippen LogP contribution in [0.2, 0.25) is 0 Å². The molecule has 1 amide bonds. The number of rotatable bonds is 6. The smallest absolute Gasteiger partial charge is 0.253 e. The van der Waals surface area contributed by atoms with E-state index in [1.54, 1.807) is 37.1 Å². The molecule has 5 rings (SSSR count). The number of amides is 1. The molecule has 0 saturated carbocycles. The number of para-hydroxylation sites is 1. The highest BCUT2D eigenvalue weighted by atomic mass is 16.5. The first-order chi connectivity index (χ1) is 16.2. The molecule has 1 atom stereocenters. The van der Waals surface area contributed by atoms with Gasteiger partial charge in [-0.05, 0) is 41.1 Å². The van der Waals surface area contributed by atoms with Crippen molar-refractivity contribution in [2.75, 3.05) is 14.2 Å². The van der Waals surface area contributed by atoms with Crippen molar-refractivity contribution in [1.82, 2.24) is 20.3 Å². The van der Waals surface area contributed by atoms with Gasteiger partial charge in [-0.2, -0.15) is 0 Å². The SMILES string of the molecule is COc1ccc(C(=O)NC(c2cccc3ccccc23)n2nnc3ccccc32)cc1OC. The number of aromatic nitrogens is 3. The Morgan fingerprint density at radius 2 is 1.64 bits per heavy atom. The highest BCUT2D eigenvalue weighted by Gasteiger charge is 2.23. The van der Waals surface area contributed by atoms with E-state index in [2.05, 4.69) is 15.6 Å². The van der Waals surface area contributed by atoms with Crippen molar-refractivity contribution in [1.29, 1.82) is 0 Å². The molecular formula is C26H22N4O3. The van der Waals surface area contributed by atoms with Gasteiger partial charge in [0.2, 0.25) is 0 Å². The molecule has 0 saturated heterocycles. The molecule has 164 valence electrons. The fraction of sp³-hybridized carbons (Fsp3) is 0.115. The van der Waals surface area contributed by atoms with Gasteiger partial charge in [-0.3, -0.25) is 4.79 Å². The minimum atomic E-state index is -0.580. The largest absolute Gasteiger partial charge is 0.493 e. The molecule has 33 heavy (non-hydrogen) atoms. The normalized spacial score (nSPS) is 11.9. The Morgan fingerprint density at radius 1 is 0.879 bits per heavy atom. The Kier molecular flexibility index (Phi) is 5.36. The van der Waals surface area contributed by atoms with Gasteiger partial charge in [0.15, 0.2) is 17.7 Å². The molecule has 1 unspecified atom stereocenters. The third-order valence-corrected chi connectivity index (χ3v) is 5.65. The third-order valence-electron chi connectivity index (χ3n) is 5.65. The lowest BCUT2D eigenvalue weighted by Gasteiger charge is -2.22. The van der Waals surface area contributed by atoms with Crippen LogP contribution in [-0.2, 0) is 0 Å². The van der Waals surface area contributed by atoms with Crippen molar-refractivity contribution in [2.45, 2.75) is 6.17 Å². The molecule has 0 fully saturated rings. The summed E-state index contributed by atoms with van der Waals surface area (Å²) in [6.07, 6.45) is -0.580. The molecule has 7 heteroatoms. The molecule has 0 bridgehead atoms. The second-order valence-electron chi connectivity index (χ2n) is 7.54. The van der Waals surface area contributed by atoms with Gasteiger partial charge in [-0.25, -0.2) is 4.68 Å². The first-order valence-corrected chi connectivity index (χ1v) is 10.5. The number of nitrogens with one attached hydrogen (secondary N) is 1. The first-order valence-electron chi connectivity index (χ1n) is 10.5. The predicted molar refractivity (Wildman–Crippen MR) is 127 cm³/mol. The van der Waals surface area contributed by atoms with Crippen LogP contribution in [0.4, 0.5) is 0 Å². The zero-order valence-electron chi connectivity index (χ0n) is 18.2. The van der Waals surface area contributed by atoms with Gasteiger partial charge in [0, 0.05) is 11.1 Å². The minimum absolute atomic E-state index is 0.270. The molecule has 1 aromatic heterocycles. The lowest BCUT2D eigenvalue weighted by molar-refractivity contribution is 0.0927. The van der Waals surface area contributed by atoms with Crippen molar-refractivity contribution in [3.05, 3.63) is 96.1 Å². The Hall–Kier alpha value is -4.39. The van der Waals surface area contributed by atoms with E-state index < -0.39 is 6.17 Å². The molecular weight excluding hydrogens is 416 g/mol. The van der Waals surface area contributed by atoms with E-state index in [4.69, 9.17) is 9.47 Å². The Bertz CT molecular complexity index is 1460. The maximum atomic E-state index is 13.4. The van der Waals surface area contributed by atoms with Crippen LogP contribution in [0.5, 0.6) is 11.5 Å². The van der Waals surface area contributed by atoms with Gasteiger partial charge < -0.3 is 14.8 Å². The van der Waals surface area contributed by atoms with E-state index in [1.165, 1.54) is 0 Å². The maximum absolute atomic E-state index is 13.4. The lowest BCUT2D eigenvalue weighted by Crippen LogP contribution is -2.34. The average Bonchev–Trinajstić information content (AvgIpc) is 3.30. The summed E-state index contributed by atoms with van der Waals surface area (Å²) >= 11 is 0. The van der Waals surface area contributed by atoms with Crippen LogP contribution in [-0.4, -0.2) is 35.1 Å². The van der Waals surface area contributed by atoms with Gasteiger partial charge in [0.1, 0.15) is 5.52 Å². The highest BCUT2D eigenvalue weighted by molar-refractivity contribution is 5.96. The van der Waals surface area contributed by atoms with E-state index in [0.29, 0.717) is 17.1 Å². The maximum Gasteiger partial charge on any atom is 0.253 e. The summed E-state index contributed by atoms with van der Waals surface area (Å²) in [5, 5.41) is 13.9. The molecule has 1 heterocycles. The van der Waals surface area contributed by atoms with E-state index >= 15 is 0 Å². The summed E-state index contributed by atoms with van der Waals surface area (Å²) < 4.78 is 12.4. The summed E-state index contributed by atoms with van der Waals surface area (Å²) in [5.41, 5.74) is 2.94. The Balaban J connectivity index is 1.63. The number of nitrogens with zero attached hydrogens (tertiary/aromatic N) is 3. The lowest BCUT2D eigenvalue weighted by atomic mass is 10.0. The Morgan fingerprint density at radius 3 is 2.48 bits per heavy atom. The van der Waals surface area contributed by atoms with Crippen LogP contribution in [0.1, 0.15) is 22.1 Å². The molecule has 0 radical (unpaired) electrons. The quantitative estimate of drug-likeness (QED) is 0.420. The number of methoxy groups -OCH3 is 2. The van der Waals surface area contributed by atoms with Crippen LogP contribution < -0.4 is 14.8 Å². The van der Waals surface area contributed by atoms with Crippen molar-refractivity contribution in [2.24, 2.45) is 0 Å². The Labute approximate surface area is 190 Å². The second-order valence-corrected chi connectivity index (χ2v) is 7.54. The molecule has 0 spiro atoms. The van der Waals surface area contributed by atoms with Crippen LogP contribution in [0.25, 0.3) is 21.8 Å². The molecule has 1 N–H and O–H groups in total. The number of benzene rings is 4. The zero-order valence-corrected chi connectivity index (χ0v) is 18.2. The standard InChI is InChI=1S/C26H22N4O3/c1-32-23-15-14-18(16-24(23)33-2)26(31)27-25(30-22-13-6-5-12-21(22)28-29-30)20-11-7-9-17-8-3-4-10-19(17)20/h3-16,25H,1-2H3,(H,27,31). The number of fused-ring (bicyclic) bond motifs is 2. The van der Waals surface area contributed by atoms with E-state index in [9.17, 15) is 4.79 Å². The number of ether oxygens (including phenoxy) is 2. The van der Waals surface area contributed by atoms with E-state index in [1.807, 2.05) is 66.7 Å². The first kappa shape index (κ1) is 20.5.